The molecule has 2 aliphatic heterocycles. The maximum Gasteiger partial charge on any atom is 0.255 e. The van der Waals surface area contributed by atoms with Gasteiger partial charge in [0.25, 0.3) is 5.91 Å². The Morgan fingerprint density at radius 1 is 1.19 bits per heavy atom. The SMILES string of the molecule is Cc1nc([C@H]2CCCN2C(=O)c2ccc(=O)n(C)c2)nc2c1CCC(=O)N2CCC(C)C. The molecular weight excluding hydrogens is 406 g/mol. The molecule has 2 aromatic rings. The van der Waals surface area contributed by atoms with Gasteiger partial charge in [-0.05, 0) is 44.6 Å². The van der Waals surface area contributed by atoms with Crippen LogP contribution in [0.4, 0.5) is 5.82 Å². The second kappa shape index (κ2) is 8.84. The van der Waals surface area contributed by atoms with Crippen LogP contribution >= 0.6 is 0 Å². The number of carbonyl (C=O) groups excluding carboxylic acids is 2. The molecule has 8 nitrogen and oxygen atoms in total. The number of likely N-dealkylation sites (tertiary alicyclic amines) is 1. The Hall–Kier alpha value is -3.03. The first-order valence-electron chi connectivity index (χ1n) is 11.4. The topological polar surface area (TPSA) is 88.4 Å². The predicted molar refractivity (Wildman–Crippen MR) is 122 cm³/mol. The van der Waals surface area contributed by atoms with Gasteiger partial charge in [0.05, 0.1) is 11.6 Å². The van der Waals surface area contributed by atoms with Crippen molar-refractivity contribution in [3.05, 3.63) is 51.3 Å². The minimum absolute atomic E-state index is 0.103. The summed E-state index contributed by atoms with van der Waals surface area (Å²) in [7, 11) is 1.64. The van der Waals surface area contributed by atoms with E-state index >= 15 is 0 Å². The fourth-order valence-electron chi connectivity index (χ4n) is 4.53. The molecule has 1 fully saturated rings. The van der Waals surface area contributed by atoms with Crippen molar-refractivity contribution < 1.29 is 9.59 Å². The van der Waals surface area contributed by atoms with Crippen LogP contribution in [-0.4, -0.2) is 44.3 Å². The molecule has 0 unspecified atom stereocenters. The normalized spacial score (nSPS) is 18.4. The molecule has 4 heterocycles. The van der Waals surface area contributed by atoms with Crippen molar-refractivity contribution in [3.8, 4) is 0 Å². The second-order valence-corrected chi connectivity index (χ2v) is 9.22. The molecule has 0 N–H and O–H groups in total. The molecule has 0 bridgehead atoms. The second-order valence-electron chi connectivity index (χ2n) is 9.22. The fourth-order valence-corrected chi connectivity index (χ4v) is 4.53. The van der Waals surface area contributed by atoms with Gasteiger partial charge in [0, 0.05) is 50.1 Å². The minimum atomic E-state index is -0.243. The summed E-state index contributed by atoms with van der Waals surface area (Å²) in [5.41, 5.74) is 2.24. The number of carbonyl (C=O) groups is 2. The average molecular weight is 438 g/mol. The zero-order valence-corrected chi connectivity index (χ0v) is 19.3. The number of aromatic nitrogens is 3. The maximum atomic E-state index is 13.3. The van der Waals surface area contributed by atoms with Crippen LogP contribution in [0.5, 0.6) is 0 Å². The molecule has 1 atom stereocenters. The molecule has 4 rings (SSSR count). The Morgan fingerprint density at radius 3 is 2.69 bits per heavy atom. The first kappa shape index (κ1) is 22.2. The quantitative estimate of drug-likeness (QED) is 0.718. The molecule has 0 aliphatic carbocycles. The highest BCUT2D eigenvalue weighted by molar-refractivity contribution is 5.96. The van der Waals surface area contributed by atoms with Gasteiger partial charge < -0.3 is 9.47 Å². The van der Waals surface area contributed by atoms with E-state index in [4.69, 9.17) is 9.97 Å². The van der Waals surface area contributed by atoms with E-state index in [0.717, 1.165) is 30.5 Å². The summed E-state index contributed by atoms with van der Waals surface area (Å²) in [5.74, 6) is 1.77. The van der Waals surface area contributed by atoms with Gasteiger partial charge in [-0.3, -0.25) is 19.3 Å². The number of fused-ring (bicyclic) bond motifs is 1. The molecule has 2 aliphatic rings. The zero-order chi connectivity index (χ0) is 23.0. The molecule has 2 amide bonds. The molecular formula is C24H31N5O3. The molecule has 0 radical (unpaired) electrons. The number of nitrogens with zero attached hydrogens (tertiary/aromatic N) is 5. The number of rotatable bonds is 5. The van der Waals surface area contributed by atoms with Gasteiger partial charge in [-0.15, -0.1) is 0 Å². The monoisotopic (exact) mass is 437 g/mol. The van der Waals surface area contributed by atoms with Crippen molar-refractivity contribution in [2.75, 3.05) is 18.0 Å². The molecule has 8 heteroatoms. The van der Waals surface area contributed by atoms with Crippen molar-refractivity contribution in [2.24, 2.45) is 13.0 Å². The van der Waals surface area contributed by atoms with Crippen LogP contribution in [-0.2, 0) is 18.3 Å². The van der Waals surface area contributed by atoms with E-state index in [-0.39, 0.29) is 23.4 Å². The fraction of sp³-hybridized carbons (Fsp3) is 0.542. The lowest BCUT2D eigenvalue weighted by Crippen LogP contribution is -2.39. The van der Waals surface area contributed by atoms with Crippen LogP contribution in [0.2, 0.25) is 0 Å². The van der Waals surface area contributed by atoms with E-state index in [1.54, 1.807) is 24.2 Å². The van der Waals surface area contributed by atoms with Crippen molar-refractivity contribution >= 4 is 17.6 Å². The number of hydrogen-bond donors (Lipinski definition) is 0. The Bertz CT molecular complexity index is 1110. The van der Waals surface area contributed by atoms with Crippen molar-refractivity contribution in [3.63, 3.8) is 0 Å². The maximum absolute atomic E-state index is 13.3. The summed E-state index contributed by atoms with van der Waals surface area (Å²) in [5, 5.41) is 0. The third-order valence-electron chi connectivity index (χ3n) is 6.43. The number of pyridine rings is 1. The van der Waals surface area contributed by atoms with E-state index in [1.807, 2.05) is 11.8 Å². The highest BCUT2D eigenvalue weighted by Gasteiger charge is 2.35. The van der Waals surface area contributed by atoms with Gasteiger partial charge >= 0.3 is 0 Å². The minimum Gasteiger partial charge on any atom is -0.328 e. The lowest BCUT2D eigenvalue weighted by atomic mass is 10.0. The molecule has 0 aromatic carbocycles. The lowest BCUT2D eigenvalue weighted by Gasteiger charge is -2.31. The Kier molecular flexibility index (Phi) is 6.13. The van der Waals surface area contributed by atoms with Gasteiger partial charge in [-0.25, -0.2) is 9.97 Å². The van der Waals surface area contributed by atoms with Crippen LogP contribution in [0, 0.1) is 12.8 Å². The van der Waals surface area contributed by atoms with Gasteiger partial charge in [0.2, 0.25) is 11.5 Å². The van der Waals surface area contributed by atoms with Crippen LogP contribution in [0.3, 0.4) is 0 Å². The summed E-state index contributed by atoms with van der Waals surface area (Å²) >= 11 is 0. The largest absolute Gasteiger partial charge is 0.328 e. The Balaban J connectivity index is 1.67. The molecule has 2 aromatic heterocycles. The molecule has 0 spiro atoms. The average Bonchev–Trinajstić information content (AvgIpc) is 3.24. The number of hydrogen-bond acceptors (Lipinski definition) is 5. The molecule has 170 valence electrons. The van der Waals surface area contributed by atoms with Crippen molar-refractivity contribution in [1.82, 2.24) is 19.4 Å². The molecule has 32 heavy (non-hydrogen) atoms. The van der Waals surface area contributed by atoms with Gasteiger partial charge in [0.15, 0.2) is 5.82 Å². The van der Waals surface area contributed by atoms with Crippen LogP contribution in [0.25, 0.3) is 0 Å². The Labute approximate surface area is 188 Å². The van der Waals surface area contributed by atoms with Crippen molar-refractivity contribution in [1.29, 1.82) is 0 Å². The van der Waals surface area contributed by atoms with Crippen LogP contribution < -0.4 is 10.5 Å². The molecule has 0 saturated carbocycles. The zero-order valence-electron chi connectivity index (χ0n) is 19.3. The van der Waals surface area contributed by atoms with E-state index < -0.39 is 0 Å². The lowest BCUT2D eigenvalue weighted by molar-refractivity contribution is -0.119. The van der Waals surface area contributed by atoms with Crippen LogP contribution in [0.1, 0.15) is 73.0 Å². The summed E-state index contributed by atoms with van der Waals surface area (Å²) in [6.45, 7) is 7.52. The van der Waals surface area contributed by atoms with Gasteiger partial charge in [-0.1, -0.05) is 13.8 Å². The molecule has 1 saturated heterocycles. The van der Waals surface area contributed by atoms with Crippen LogP contribution in [0.15, 0.2) is 23.1 Å². The predicted octanol–water partition coefficient (Wildman–Crippen LogP) is 2.79. The summed E-state index contributed by atoms with van der Waals surface area (Å²) in [6.07, 6.45) is 5.25. The first-order valence-corrected chi connectivity index (χ1v) is 11.4. The van der Waals surface area contributed by atoms with E-state index in [0.29, 0.717) is 49.1 Å². The third kappa shape index (κ3) is 4.18. The summed E-state index contributed by atoms with van der Waals surface area (Å²) in [6, 6.07) is 2.74. The highest BCUT2D eigenvalue weighted by Crippen LogP contribution is 2.35. The van der Waals surface area contributed by atoms with Gasteiger partial charge in [-0.2, -0.15) is 0 Å². The smallest absolute Gasteiger partial charge is 0.255 e. The van der Waals surface area contributed by atoms with E-state index in [1.165, 1.54) is 10.6 Å². The standard InChI is InChI=1S/C24H31N5O3/c1-15(2)11-13-29-21(31)10-8-18-16(3)25-22(26-23(18)29)19-6-5-12-28(19)24(32)17-7-9-20(30)27(4)14-17/h7,9,14-15,19H,5-6,8,10-13H2,1-4H3/t19-/m1/s1. The highest BCUT2D eigenvalue weighted by atomic mass is 16.2. The van der Waals surface area contributed by atoms with E-state index in [2.05, 4.69) is 13.8 Å². The number of aryl methyl sites for hydroxylation is 2. The van der Waals surface area contributed by atoms with Crippen molar-refractivity contribution in [2.45, 2.75) is 58.9 Å². The van der Waals surface area contributed by atoms with Gasteiger partial charge in [0.1, 0.15) is 5.82 Å². The number of anilines is 1. The van der Waals surface area contributed by atoms with E-state index in [9.17, 15) is 14.4 Å². The summed E-state index contributed by atoms with van der Waals surface area (Å²) in [4.78, 5) is 50.9. The summed E-state index contributed by atoms with van der Waals surface area (Å²) < 4.78 is 1.41. The number of amides is 2. The third-order valence-corrected chi connectivity index (χ3v) is 6.43. The first-order chi connectivity index (χ1) is 15.3. The Morgan fingerprint density at radius 2 is 1.97 bits per heavy atom.